The standard InChI is InChI=1S/C23H18N4O4S/c1-29-17-9-8-14(23-25-15-5-2-3-6-18(15)30-23)13-16(17)24-20(28)10-11-21-26-22(27-31-21)19-7-4-12-32-19/h2-9,12-13H,10-11H2,1H3,(H,24,28). The lowest BCUT2D eigenvalue weighted by Crippen LogP contribution is -2.13. The number of para-hydroxylation sites is 2. The lowest BCUT2D eigenvalue weighted by atomic mass is 10.1. The van der Waals surface area contributed by atoms with Crippen LogP contribution in [0.3, 0.4) is 0 Å². The molecular formula is C23H18N4O4S. The first kappa shape index (κ1) is 20.0. The summed E-state index contributed by atoms with van der Waals surface area (Å²) in [5.74, 6) is 1.75. The summed E-state index contributed by atoms with van der Waals surface area (Å²) in [6.07, 6.45) is 0.514. The number of anilines is 1. The smallest absolute Gasteiger partial charge is 0.227 e. The van der Waals surface area contributed by atoms with Crippen LogP contribution in [0.25, 0.3) is 33.3 Å². The second-order valence-corrected chi connectivity index (χ2v) is 7.89. The number of hydrogen-bond acceptors (Lipinski definition) is 8. The number of nitrogens with one attached hydrogen (secondary N) is 1. The van der Waals surface area contributed by atoms with E-state index in [1.807, 2.05) is 47.8 Å². The molecule has 1 N–H and O–H groups in total. The van der Waals surface area contributed by atoms with Gasteiger partial charge in [0.2, 0.25) is 23.5 Å². The van der Waals surface area contributed by atoms with Crippen LogP contribution >= 0.6 is 11.3 Å². The van der Waals surface area contributed by atoms with Gasteiger partial charge in [0, 0.05) is 18.4 Å². The lowest BCUT2D eigenvalue weighted by Gasteiger charge is -2.11. The number of aryl methyl sites for hydroxylation is 1. The summed E-state index contributed by atoms with van der Waals surface area (Å²) in [6, 6.07) is 16.8. The van der Waals surface area contributed by atoms with E-state index in [4.69, 9.17) is 13.7 Å². The van der Waals surface area contributed by atoms with E-state index < -0.39 is 0 Å². The van der Waals surface area contributed by atoms with Gasteiger partial charge in [0.05, 0.1) is 17.7 Å². The summed E-state index contributed by atoms with van der Waals surface area (Å²) in [5, 5.41) is 8.80. The van der Waals surface area contributed by atoms with Crippen molar-refractivity contribution in [2.45, 2.75) is 12.8 Å². The molecule has 2 aromatic carbocycles. The van der Waals surface area contributed by atoms with Crippen LogP contribution in [0, 0.1) is 0 Å². The van der Waals surface area contributed by atoms with Gasteiger partial charge in [-0.1, -0.05) is 23.4 Å². The minimum atomic E-state index is -0.200. The number of aromatic nitrogens is 3. The zero-order valence-corrected chi connectivity index (χ0v) is 17.9. The van der Waals surface area contributed by atoms with Gasteiger partial charge in [-0.15, -0.1) is 11.3 Å². The van der Waals surface area contributed by atoms with Crippen molar-refractivity contribution in [1.29, 1.82) is 0 Å². The second-order valence-electron chi connectivity index (χ2n) is 6.94. The molecule has 1 amide bonds. The fourth-order valence-corrected chi connectivity index (χ4v) is 3.88. The largest absolute Gasteiger partial charge is 0.495 e. The SMILES string of the molecule is COc1ccc(-c2nc3ccccc3o2)cc1NC(=O)CCc1nc(-c2cccs2)no1. The number of carbonyl (C=O) groups is 1. The first-order chi connectivity index (χ1) is 15.7. The number of benzene rings is 2. The topological polar surface area (TPSA) is 103 Å². The van der Waals surface area contributed by atoms with Gasteiger partial charge in [0.25, 0.3) is 0 Å². The number of fused-ring (bicyclic) bond motifs is 1. The zero-order chi connectivity index (χ0) is 21.9. The van der Waals surface area contributed by atoms with Crippen LogP contribution in [0.4, 0.5) is 5.69 Å². The molecular weight excluding hydrogens is 428 g/mol. The Morgan fingerprint density at radius 2 is 2.03 bits per heavy atom. The number of hydrogen-bond donors (Lipinski definition) is 1. The number of ether oxygens (including phenoxy) is 1. The third kappa shape index (κ3) is 4.10. The van der Waals surface area contributed by atoms with E-state index in [2.05, 4.69) is 20.4 Å². The van der Waals surface area contributed by atoms with E-state index in [0.717, 1.165) is 16.0 Å². The van der Waals surface area contributed by atoms with Crippen molar-refractivity contribution in [3.63, 3.8) is 0 Å². The summed E-state index contributed by atoms with van der Waals surface area (Å²) in [7, 11) is 1.55. The summed E-state index contributed by atoms with van der Waals surface area (Å²) in [6.45, 7) is 0. The van der Waals surface area contributed by atoms with Gasteiger partial charge in [-0.05, 0) is 41.8 Å². The molecule has 0 saturated heterocycles. The summed E-state index contributed by atoms with van der Waals surface area (Å²) in [4.78, 5) is 22.4. The number of amides is 1. The molecule has 0 radical (unpaired) electrons. The maximum absolute atomic E-state index is 12.6. The molecule has 5 aromatic rings. The second kappa shape index (κ2) is 8.64. The monoisotopic (exact) mass is 446 g/mol. The first-order valence-corrected chi connectivity index (χ1v) is 10.8. The molecule has 0 bridgehead atoms. The average Bonchev–Trinajstić information content (AvgIpc) is 3.58. The average molecular weight is 446 g/mol. The molecule has 0 saturated carbocycles. The molecule has 5 rings (SSSR count). The minimum Gasteiger partial charge on any atom is -0.495 e. The predicted molar refractivity (Wildman–Crippen MR) is 121 cm³/mol. The van der Waals surface area contributed by atoms with Crippen molar-refractivity contribution < 1.29 is 18.5 Å². The number of oxazole rings is 1. The Kier molecular flexibility index (Phi) is 5.39. The van der Waals surface area contributed by atoms with Gasteiger partial charge in [-0.2, -0.15) is 4.98 Å². The predicted octanol–water partition coefficient (Wildman–Crippen LogP) is 5.19. The highest BCUT2D eigenvalue weighted by atomic mass is 32.1. The highest BCUT2D eigenvalue weighted by molar-refractivity contribution is 7.13. The van der Waals surface area contributed by atoms with Crippen molar-refractivity contribution >= 4 is 34.0 Å². The highest BCUT2D eigenvalue weighted by Gasteiger charge is 2.15. The fourth-order valence-electron chi connectivity index (χ4n) is 3.23. The quantitative estimate of drug-likeness (QED) is 0.367. The summed E-state index contributed by atoms with van der Waals surface area (Å²) in [5.41, 5.74) is 2.73. The van der Waals surface area contributed by atoms with Crippen LogP contribution in [0.5, 0.6) is 5.75 Å². The van der Waals surface area contributed by atoms with Gasteiger partial charge in [0.1, 0.15) is 11.3 Å². The van der Waals surface area contributed by atoms with Crippen molar-refractivity contribution in [1.82, 2.24) is 15.1 Å². The van der Waals surface area contributed by atoms with Crippen molar-refractivity contribution in [2.24, 2.45) is 0 Å². The van der Waals surface area contributed by atoms with Gasteiger partial charge in [-0.3, -0.25) is 4.79 Å². The van der Waals surface area contributed by atoms with Crippen molar-refractivity contribution in [3.8, 4) is 27.9 Å². The van der Waals surface area contributed by atoms with Crippen LogP contribution in [0.1, 0.15) is 12.3 Å². The molecule has 3 aromatic heterocycles. The van der Waals surface area contributed by atoms with Crippen LogP contribution in [-0.4, -0.2) is 28.1 Å². The number of rotatable bonds is 7. The lowest BCUT2D eigenvalue weighted by molar-refractivity contribution is -0.116. The Morgan fingerprint density at radius 1 is 1.12 bits per heavy atom. The van der Waals surface area contributed by atoms with Crippen LogP contribution in [0.15, 0.2) is 68.9 Å². The molecule has 0 atom stereocenters. The molecule has 0 unspecified atom stereocenters. The van der Waals surface area contributed by atoms with Gasteiger partial charge >= 0.3 is 0 Å². The van der Waals surface area contributed by atoms with Gasteiger partial charge in [-0.25, -0.2) is 4.98 Å². The third-order valence-electron chi connectivity index (χ3n) is 4.79. The molecule has 0 aliphatic rings. The van der Waals surface area contributed by atoms with E-state index in [1.165, 1.54) is 11.3 Å². The van der Waals surface area contributed by atoms with E-state index in [1.54, 1.807) is 19.2 Å². The molecule has 0 aliphatic heterocycles. The van der Waals surface area contributed by atoms with E-state index in [0.29, 0.717) is 41.0 Å². The minimum absolute atomic E-state index is 0.183. The highest BCUT2D eigenvalue weighted by Crippen LogP contribution is 2.32. The molecule has 8 nitrogen and oxygen atoms in total. The third-order valence-corrected chi connectivity index (χ3v) is 5.66. The Balaban J connectivity index is 1.29. The Morgan fingerprint density at radius 3 is 2.84 bits per heavy atom. The Hall–Kier alpha value is -3.98. The normalized spacial score (nSPS) is 11.0. The number of thiophene rings is 1. The molecule has 0 fully saturated rings. The van der Waals surface area contributed by atoms with E-state index >= 15 is 0 Å². The Labute approximate surface area is 186 Å². The summed E-state index contributed by atoms with van der Waals surface area (Å²) < 4.78 is 16.5. The van der Waals surface area contributed by atoms with Crippen LogP contribution in [0.2, 0.25) is 0 Å². The summed E-state index contributed by atoms with van der Waals surface area (Å²) >= 11 is 1.53. The van der Waals surface area contributed by atoms with Gasteiger partial charge < -0.3 is 19.0 Å². The molecule has 0 aliphatic carbocycles. The molecule has 9 heteroatoms. The molecule has 160 valence electrons. The fraction of sp³-hybridized carbons (Fsp3) is 0.130. The maximum atomic E-state index is 12.6. The zero-order valence-electron chi connectivity index (χ0n) is 17.1. The van der Waals surface area contributed by atoms with E-state index in [-0.39, 0.29) is 12.3 Å². The first-order valence-electron chi connectivity index (χ1n) is 9.90. The molecule has 3 heterocycles. The maximum Gasteiger partial charge on any atom is 0.227 e. The van der Waals surface area contributed by atoms with Gasteiger partial charge in [0.15, 0.2) is 5.58 Å². The molecule has 32 heavy (non-hydrogen) atoms. The van der Waals surface area contributed by atoms with Crippen molar-refractivity contribution in [2.75, 3.05) is 12.4 Å². The number of carbonyl (C=O) groups excluding carboxylic acids is 1. The van der Waals surface area contributed by atoms with Crippen LogP contribution < -0.4 is 10.1 Å². The Bertz CT molecular complexity index is 1340. The molecule has 0 spiro atoms. The van der Waals surface area contributed by atoms with Crippen LogP contribution in [-0.2, 0) is 11.2 Å². The number of methoxy groups -OCH3 is 1. The van der Waals surface area contributed by atoms with E-state index in [9.17, 15) is 4.79 Å². The van der Waals surface area contributed by atoms with Crippen molar-refractivity contribution in [3.05, 3.63) is 65.9 Å². The number of nitrogens with zero attached hydrogens (tertiary/aromatic N) is 3.